The number of hydrogen-bond donors (Lipinski definition) is 0. The van der Waals surface area contributed by atoms with Crippen molar-refractivity contribution in [1.82, 2.24) is 0 Å². The minimum absolute atomic E-state index is 0.0841. The quantitative estimate of drug-likeness (QED) is 0.0406. The second kappa shape index (κ2) is 39.1. The standard InChI is InChI=1S/C37H58O7.C24H40O5.2C2H6/c1-11-39-32-20-17-21-33(26-32)40-25-23-35(5,6)42-24-16-15-22-34(3,4)37(9,10)43-28-30(36(7,8)44-29(2)38)27-41-31-18-13-12-14-19-31;1-7-26-16-12-11-13-19(2)20(3)27-17-22(24(5,6)29-21(4)25)18-28-23-14-9-8-10-15-23;2*1-2/h12-14,17-21,26,30H,11,15-16,22-25,27-28H2,1-10H3;8-10,14-15,19-20,22H,7,11-13,16-18H2,1-6H3;2*1-2H3. The number of rotatable bonds is 36. The highest BCUT2D eigenvalue weighted by Gasteiger charge is 2.41. The minimum atomic E-state index is -0.747. The molecule has 0 amide bonds. The summed E-state index contributed by atoms with van der Waals surface area (Å²) in [4.78, 5) is 23.4. The molecule has 0 N–H and O–H groups in total. The maximum atomic E-state index is 11.8. The van der Waals surface area contributed by atoms with Gasteiger partial charge in [-0.05, 0) is 150 Å². The zero-order valence-corrected chi connectivity index (χ0v) is 52.1. The molecule has 0 saturated heterocycles. The topological polar surface area (TPSA) is 126 Å². The zero-order valence-electron chi connectivity index (χ0n) is 52.1. The van der Waals surface area contributed by atoms with Crippen LogP contribution in [0.5, 0.6) is 23.0 Å². The van der Waals surface area contributed by atoms with Crippen molar-refractivity contribution in [2.75, 3.05) is 59.5 Å². The Morgan fingerprint density at radius 1 is 0.494 bits per heavy atom. The largest absolute Gasteiger partial charge is 0.494 e. The molecule has 0 heterocycles. The van der Waals surface area contributed by atoms with E-state index in [1.54, 1.807) is 0 Å². The van der Waals surface area contributed by atoms with Crippen molar-refractivity contribution in [2.45, 2.75) is 212 Å². The Balaban J connectivity index is 0.00000152. The Hall–Kier alpha value is -4.36. The SMILES string of the molecule is CC.CC.CCOCCCCC(C)C(C)OCC(COc1ccccc1)C(C)(C)OC(C)=O.CCOc1cccc(OCCC(C)(C)OCCCCC(C)(C)C(C)(C)OCC(COc2ccccc2)C(C)(C)OC(C)=O)c1. The molecular formula is C65H110O12. The molecule has 4 atom stereocenters. The lowest BCUT2D eigenvalue weighted by atomic mass is 9.73. The lowest BCUT2D eigenvalue weighted by Gasteiger charge is -2.44. The van der Waals surface area contributed by atoms with Crippen LogP contribution in [0.1, 0.15) is 183 Å². The van der Waals surface area contributed by atoms with Crippen LogP contribution in [0.25, 0.3) is 0 Å². The van der Waals surface area contributed by atoms with E-state index < -0.39 is 16.8 Å². The van der Waals surface area contributed by atoms with E-state index >= 15 is 0 Å². The summed E-state index contributed by atoms with van der Waals surface area (Å²) in [6.45, 7) is 45.1. The molecule has 0 radical (unpaired) electrons. The van der Waals surface area contributed by atoms with Crippen molar-refractivity contribution in [1.29, 1.82) is 0 Å². The van der Waals surface area contributed by atoms with Gasteiger partial charge in [-0.25, -0.2) is 0 Å². The molecule has 12 heteroatoms. The van der Waals surface area contributed by atoms with Gasteiger partial charge in [-0.1, -0.05) is 104 Å². The first-order chi connectivity index (χ1) is 36.3. The lowest BCUT2D eigenvalue weighted by molar-refractivity contribution is -0.172. The van der Waals surface area contributed by atoms with Gasteiger partial charge in [0.15, 0.2) is 0 Å². The Morgan fingerprint density at radius 3 is 1.47 bits per heavy atom. The molecule has 12 nitrogen and oxygen atoms in total. The number of esters is 2. The molecule has 0 aliphatic heterocycles. The van der Waals surface area contributed by atoms with Gasteiger partial charge in [0, 0.05) is 46.2 Å². The summed E-state index contributed by atoms with van der Waals surface area (Å²) in [6, 6.07) is 27.1. The Kier molecular flexibility index (Phi) is 36.9. The summed E-state index contributed by atoms with van der Waals surface area (Å²) in [6.07, 6.45) is 7.20. The summed E-state index contributed by atoms with van der Waals surface area (Å²) in [5.41, 5.74) is -2.21. The third kappa shape index (κ3) is 31.7. The van der Waals surface area contributed by atoms with Crippen LogP contribution in [0, 0.1) is 23.2 Å². The van der Waals surface area contributed by atoms with E-state index in [-0.39, 0.29) is 40.9 Å². The van der Waals surface area contributed by atoms with E-state index in [9.17, 15) is 9.59 Å². The predicted molar refractivity (Wildman–Crippen MR) is 316 cm³/mol. The number of carbonyl (C=O) groups excluding carboxylic acids is 2. The highest BCUT2D eigenvalue weighted by atomic mass is 16.6. The fourth-order valence-corrected chi connectivity index (χ4v) is 7.85. The van der Waals surface area contributed by atoms with E-state index in [0.29, 0.717) is 52.2 Å². The van der Waals surface area contributed by atoms with Gasteiger partial charge in [-0.2, -0.15) is 0 Å². The molecule has 0 saturated carbocycles. The second-order valence-corrected chi connectivity index (χ2v) is 22.0. The van der Waals surface area contributed by atoms with E-state index in [1.165, 1.54) is 13.8 Å². The Morgan fingerprint density at radius 2 is 0.974 bits per heavy atom. The highest BCUT2D eigenvalue weighted by molar-refractivity contribution is 5.66. The zero-order chi connectivity index (χ0) is 58.6. The van der Waals surface area contributed by atoms with Gasteiger partial charge in [0.25, 0.3) is 0 Å². The van der Waals surface area contributed by atoms with Crippen LogP contribution >= 0.6 is 0 Å². The summed E-state index contributed by atoms with van der Waals surface area (Å²) in [5.74, 6) is 2.80. The number of carbonyl (C=O) groups is 2. The van der Waals surface area contributed by atoms with Crippen LogP contribution in [0.2, 0.25) is 0 Å². The van der Waals surface area contributed by atoms with Gasteiger partial charge in [-0.15, -0.1) is 0 Å². The van der Waals surface area contributed by atoms with Crippen molar-refractivity contribution in [3.05, 3.63) is 84.9 Å². The molecule has 0 aliphatic carbocycles. The number of unbranched alkanes of at least 4 members (excludes halogenated alkanes) is 2. The fourth-order valence-electron chi connectivity index (χ4n) is 7.85. The summed E-state index contributed by atoms with van der Waals surface area (Å²) in [5, 5.41) is 0. The molecule has 4 unspecified atom stereocenters. The molecular weight excluding hydrogens is 973 g/mol. The molecule has 0 aromatic heterocycles. The van der Waals surface area contributed by atoms with Crippen molar-refractivity contribution in [3.8, 4) is 23.0 Å². The van der Waals surface area contributed by atoms with Crippen LogP contribution in [-0.4, -0.2) is 99.9 Å². The summed E-state index contributed by atoms with van der Waals surface area (Å²) < 4.78 is 59.2. The average Bonchev–Trinajstić information content (AvgIpc) is 3.37. The van der Waals surface area contributed by atoms with E-state index in [4.69, 9.17) is 47.4 Å². The van der Waals surface area contributed by atoms with E-state index in [1.807, 2.05) is 154 Å². The van der Waals surface area contributed by atoms with E-state index in [2.05, 4.69) is 55.4 Å². The molecule has 442 valence electrons. The minimum Gasteiger partial charge on any atom is -0.494 e. The Bertz CT molecular complexity index is 1930. The molecule has 0 spiro atoms. The summed E-state index contributed by atoms with van der Waals surface area (Å²) in [7, 11) is 0. The van der Waals surface area contributed by atoms with Crippen molar-refractivity contribution >= 4 is 11.9 Å². The van der Waals surface area contributed by atoms with Gasteiger partial charge in [0.1, 0.15) is 34.2 Å². The molecule has 77 heavy (non-hydrogen) atoms. The van der Waals surface area contributed by atoms with Crippen LogP contribution in [0.3, 0.4) is 0 Å². The first-order valence-corrected chi connectivity index (χ1v) is 28.9. The van der Waals surface area contributed by atoms with Crippen molar-refractivity contribution in [2.24, 2.45) is 23.2 Å². The molecule has 3 aromatic carbocycles. The summed E-state index contributed by atoms with van der Waals surface area (Å²) >= 11 is 0. The number of ether oxygens (including phenoxy) is 10. The predicted octanol–water partition coefficient (Wildman–Crippen LogP) is 16.0. The van der Waals surface area contributed by atoms with Crippen LogP contribution in [0.15, 0.2) is 84.9 Å². The number of benzene rings is 3. The van der Waals surface area contributed by atoms with Gasteiger partial charge < -0.3 is 47.4 Å². The van der Waals surface area contributed by atoms with E-state index in [0.717, 1.165) is 81.2 Å². The van der Waals surface area contributed by atoms with Crippen LogP contribution in [-0.2, 0) is 38.0 Å². The first-order valence-electron chi connectivity index (χ1n) is 28.9. The van der Waals surface area contributed by atoms with Gasteiger partial charge in [-0.3, -0.25) is 9.59 Å². The third-order valence-corrected chi connectivity index (χ3v) is 14.0. The normalized spacial score (nSPS) is 13.4. The maximum absolute atomic E-state index is 11.8. The third-order valence-electron chi connectivity index (χ3n) is 14.0. The Labute approximate surface area is 469 Å². The molecule has 0 fully saturated rings. The van der Waals surface area contributed by atoms with Crippen LogP contribution in [0.4, 0.5) is 0 Å². The second-order valence-electron chi connectivity index (χ2n) is 22.0. The van der Waals surface area contributed by atoms with Crippen LogP contribution < -0.4 is 18.9 Å². The fraction of sp³-hybridized carbons (Fsp3) is 0.692. The molecule has 3 aromatic rings. The maximum Gasteiger partial charge on any atom is 0.303 e. The molecule has 0 bridgehead atoms. The monoisotopic (exact) mass is 1080 g/mol. The molecule has 0 aliphatic rings. The highest BCUT2D eigenvalue weighted by Crippen LogP contribution is 2.40. The number of para-hydroxylation sites is 2. The van der Waals surface area contributed by atoms with Gasteiger partial charge in [0.05, 0.1) is 68.8 Å². The number of hydrogen-bond acceptors (Lipinski definition) is 12. The lowest BCUT2D eigenvalue weighted by Crippen LogP contribution is -2.47. The van der Waals surface area contributed by atoms with Gasteiger partial charge >= 0.3 is 11.9 Å². The smallest absolute Gasteiger partial charge is 0.303 e. The van der Waals surface area contributed by atoms with Crippen molar-refractivity contribution < 1.29 is 57.0 Å². The van der Waals surface area contributed by atoms with Crippen molar-refractivity contribution in [3.63, 3.8) is 0 Å². The van der Waals surface area contributed by atoms with Gasteiger partial charge in [0.2, 0.25) is 0 Å². The first kappa shape index (κ1) is 72.6. The average molecular weight is 1080 g/mol. The molecule has 3 rings (SSSR count).